The molecule has 112 valence electrons. The van der Waals surface area contributed by atoms with Gasteiger partial charge in [-0.05, 0) is 40.5 Å². The van der Waals surface area contributed by atoms with E-state index in [1.54, 1.807) is 4.68 Å². The van der Waals surface area contributed by atoms with E-state index < -0.39 is 0 Å². The molecule has 6 heteroatoms. The number of nitrogen functional groups attached to an aromatic ring is 1. The summed E-state index contributed by atoms with van der Waals surface area (Å²) in [5.41, 5.74) is 11.2. The fraction of sp³-hybridized carbons (Fsp3) is 0.714. The molecule has 2 atom stereocenters. The molecule has 0 bridgehead atoms. The number of aryl methyl sites for hydroxylation is 1. The molecule has 0 radical (unpaired) electrons. The molecular formula is C14H25N5O. The highest BCUT2D eigenvalue weighted by molar-refractivity contribution is 5.75. The average Bonchev–Trinajstić information content (AvgIpc) is 2.62. The van der Waals surface area contributed by atoms with E-state index in [-0.39, 0.29) is 12.5 Å². The summed E-state index contributed by atoms with van der Waals surface area (Å²) in [6.07, 6.45) is 3.47. The Balaban J connectivity index is 2.00. The molecule has 20 heavy (non-hydrogen) atoms. The van der Waals surface area contributed by atoms with Crippen molar-refractivity contribution in [3.8, 4) is 0 Å². The maximum atomic E-state index is 12.2. The van der Waals surface area contributed by atoms with Gasteiger partial charge in [0.1, 0.15) is 6.54 Å². The summed E-state index contributed by atoms with van der Waals surface area (Å²) in [6, 6.07) is 0.765. The van der Waals surface area contributed by atoms with Crippen LogP contribution in [-0.4, -0.2) is 32.8 Å². The van der Waals surface area contributed by atoms with E-state index in [0.29, 0.717) is 17.8 Å². The van der Waals surface area contributed by atoms with Gasteiger partial charge in [-0.25, -0.2) is 5.01 Å². The van der Waals surface area contributed by atoms with E-state index in [9.17, 15) is 4.79 Å². The predicted octanol–water partition coefficient (Wildman–Crippen LogP) is 1.38. The van der Waals surface area contributed by atoms with Crippen LogP contribution < -0.4 is 11.2 Å². The van der Waals surface area contributed by atoms with Crippen LogP contribution in [0.1, 0.15) is 44.5 Å². The first-order chi connectivity index (χ1) is 9.40. The van der Waals surface area contributed by atoms with Crippen LogP contribution in [0.2, 0.25) is 0 Å². The van der Waals surface area contributed by atoms with Crippen LogP contribution in [0.5, 0.6) is 0 Å². The van der Waals surface area contributed by atoms with Gasteiger partial charge in [0.15, 0.2) is 0 Å². The van der Waals surface area contributed by atoms with E-state index in [2.05, 4.69) is 29.4 Å². The molecule has 6 nitrogen and oxygen atoms in total. The first-order valence-electron chi connectivity index (χ1n) is 7.27. The largest absolute Gasteiger partial charge is 0.396 e. The molecule has 1 fully saturated rings. The van der Waals surface area contributed by atoms with Crippen molar-refractivity contribution in [2.24, 2.45) is 0 Å². The van der Waals surface area contributed by atoms with E-state index >= 15 is 0 Å². The zero-order valence-corrected chi connectivity index (χ0v) is 12.8. The second kappa shape index (κ2) is 5.83. The second-order valence-electron chi connectivity index (χ2n) is 5.81. The highest BCUT2D eigenvalue weighted by atomic mass is 16.2. The van der Waals surface area contributed by atoms with E-state index in [0.717, 1.165) is 24.2 Å². The van der Waals surface area contributed by atoms with Gasteiger partial charge in [0.2, 0.25) is 0 Å². The first-order valence-corrected chi connectivity index (χ1v) is 7.27. The summed E-state index contributed by atoms with van der Waals surface area (Å²) in [5.74, 6) is -0.0452. The molecule has 0 aromatic carbocycles. The number of nitrogens with two attached hydrogens (primary N) is 1. The average molecular weight is 279 g/mol. The maximum absolute atomic E-state index is 12.2. The third-order valence-corrected chi connectivity index (χ3v) is 4.18. The van der Waals surface area contributed by atoms with Gasteiger partial charge in [-0.1, -0.05) is 6.42 Å². The Morgan fingerprint density at radius 1 is 1.35 bits per heavy atom. The molecule has 1 aliphatic heterocycles. The zero-order chi connectivity index (χ0) is 14.9. The number of amides is 1. The van der Waals surface area contributed by atoms with Crippen molar-refractivity contribution in [2.45, 2.75) is 65.6 Å². The summed E-state index contributed by atoms with van der Waals surface area (Å²) in [7, 11) is 0. The highest BCUT2D eigenvalue weighted by Gasteiger charge is 2.26. The number of carbonyl (C=O) groups excluding carboxylic acids is 1. The number of hydrazine groups is 1. The molecule has 2 unspecified atom stereocenters. The number of rotatable bonds is 3. The van der Waals surface area contributed by atoms with Crippen LogP contribution in [0.3, 0.4) is 0 Å². The number of hydrogen-bond acceptors (Lipinski definition) is 4. The summed E-state index contributed by atoms with van der Waals surface area (Å²) >= 11 is 0. The topological polar surface area (TPSA) is 76.2 Å². The van der Waals surface area contributed by atoms with Crippen LogP contribution >= 0.6 is 0 Å². The minimum atomic E-state index is -0.0452. The standard InChI is InChI=1S/C14H25N5O/c1-9-6-5-7-10(2)19(9)17-13(20)8-18-12(4)14(15)11(3)16-18/h9-10H,5-8,15H2,1-4H3,(H,17,20). The molecule has 2 rings (SSSR count). The summed E-state index contributed by atoms with van der Waals surface area (Å²) < 4.78 is 1.67. The molecule has 0 aliphatic carbocycles. The van der Waals surface area contributed by atoms with Gasteiger partial charge >= 0.3 is 0 Å². The molecule has 1 saturated heterocycles. The smallest absolute Gasteiger partial charge is 0.256 e. The van der Waals surface area contributed by atoms with Crippen LogP contribution in [0.25, 0.3) is 0 Å². The van der Waals surface area contributed by atoms with Crippen molar-refractivity contribution >= 4 is 11.6 Å². The second-order valence-corrected chi connectivity index (χ2v) is 5.81. The van der Waals surface area contributed by atoms with E-state index in [4.69, 9.17) is 5.73 Å². The number of hydrogen-bond donors (Lipinski definition) is 2. The van der Waals surface area contributed by atoms with Crippen LogP contribution in [-0.2, 0) is 11.3 Å². The Morgan fingerprint density at radius 3 is 2.45 bits per heavy atom. The number of nitrogens with one attached hydrogen (secondary N) is 1. The van der Waals surface area contributed by atoms with Crippen molar-refractivity contribution < 1.29 is 4.79 Å². The monoisotopic (exact) mass is 279 g/mol. The Kier molecular flexibility index (Phi) is 4.32. The van der Waals surface area contributed by atoms with Crippen LogP contribution in [0.15, 0.2) is 0 Å². The Bertz CT molecular complexity index is 486. The van der Waals surface area contributed by atoms with Gasteiger partial charge in [-0.15, -0.1) is 0 Å². The SMILES string of the molecule is Cc1nn(CC(=O)NN2C(C)CCCC2C)c(C)c1N. The number of nitrogens with zero attached hydrogens (tertiary/aromatic N) is 3. The van der Waals surface area contributed by atoms with Gasteiger partial charge in [0.25, 0.3) is 5.91 Å². The summed E-state index contributed by atoms with van der Waals surface area (Å²) in [6.45, 7) is 8.24. The predicted molar refractivity (Wildman–Crippen MR) is 78.9 cm³/mol. The van der Waals surface area contributed by atoms with E-state index in [1.807, 2.05) is 13.8 Å². The maximum Gasteiger partial charge on any atom is 0.256 e. The van der Waals surface area contributed by atoms with E-state index in [1.165, 1.54) is 6.42 Å². The van der Waals surface area contributed by atoms with Gasteiger partial charge in [0, 0.05) is 12.1 Å². The fourth-order valence-electron chi connectivity index (χ4n) is 2.82. The van der Waals surface area contributed by atoms with Crippen molar-refractivity contribution in [1.82, 2.24) is 20.2 Å². The molecule has 2 heterocycles. The lowest BCUT2D eigenvalue weighted by Gasteiger charge is -2.38. The van der Waals surface area contributed by atoms with Gasteiger partial charge in [-0.2, -0.15) is 5.10 Å². The zero-order valence-electron chi connectivity index (χ0n) is 12.8. The van der Waals surface area contributed by atoms with Crippen molar-refractivity contribution in [3.05, 3.63) is 11.4 Å². The molecule has 0 spiro atoms. The van der Waals surface area contributed by atoms with Crippen LogP contribution in [0.4, 0.5) is 5.69 Å². The molecule has 1 aliphatic rings. The number of piperidine rings is 1. The molecule has 1 aromatic heterocycles. The minimum Gasteiger partial charge on any atom is -0.396 e. The van der Waals surface area contributed by atoms with Gasteiger partial charge in [0.05, 0.1) is 17.1 Å². The number of anilines is 1. The Morgan fingerprint density at radius 2 is 1.95 bits per heavy atom. The Labute approximate surface area is 120 Å². The molecule has 1 amide bonds. The molecular weight excluding hydrogens is 254 g/mol. The third kappa shape index (κ3) is 2.95. The van der Waals surface area contributed by atoms with Gasteiger partial charge in [-0.3, -0.25) is 14.9 Å². The molecule has 0 saturated carbocycles. The number of carbonyl (C=O) groups is 1. The lowest BCUT2D eigenvalue weighted by Crippen LogP contribution is -2.54. The summed E-state index contributed by atoms with van der Waals surface area (Å²) in [4.78, 5) is 12.2. The van der Waals surface area contributed by atoms with Gasteiger partial charge < -0.3 is 5.73 Å². The van der Waals surface area contributed by atoms with Crippen LogP contribution in [0, 0.1) is 13.8 Å². The first kappa shape index (κ1) is 14.8. The molecule has 1 aromatic rings. The molecule has 3 N–H and O–H groups in total. The summed E-state index contributed by atoms with van der Waals surface area (Å²) in [5, 5.41) is 6.36. The Hall–Kier alpha value is -1.56. The van der Waals surface area contributed by atoms with Crippen molar-refractivity contribution in [1.29, 1.82) is 0 Å². The fourth-order valence-corrected chi connectivity index (χ4v) is 2.82. The third-order valence-electron chi connectivity index (χ3n) is 4.18. The minimum absolute atomic E-state index is 0.0452. The van der Waals surface area contributed by atoms with Crippen molar-refractivity contribution in [3.63, 3.8) is 0 Å². The highest BCUT2D eigenvalue weighted by Crippen LogP contribution is 2.20. The lowest BCUT2D eigenvalue weighted by molar-refractivity contribution is -0.130. The normalized spacial score (nSPS) is 23.8. The van der Waals surface area contributed by atoms with Crippen molar-refractivity contribution in [2.75, 3.05) is 5.73 Å². The number of aromatic nitrogens is 2. The lowest BCUT2D eigenvalue weighted by atomic mass is 10.00. The quantitative estimate of drug-likeness (QED) is 0.876.